The summed E-state index contributed by atoms with van der Waals surface area (Å²) in [6, 6.07) is 5.19. The third kappa shape index (κ3) is 3.45. The summed E-state index contributed by atoms with van der Waals surface area (Å²) in [5.41, 5.74) is 0.706. The smallest absolute Gasteiger partial charge is 0.341 e. The first-order chi connectivity index (χ1) is 14.6. The number of carbonyl (C=O) groups is 1. The van der Waals surface area contributed by atoms with Crippen LogP contribution in [-0.4, -0.2) is 56.8 Å². The van der Waals surface area contributed by atoms with Gasteiger partial charge < -0.3 is 20.6 Å². The molecule has 2 aliphatic rings. The Bertz CT molecular complexity index is 1170. The topological polar surface area (TPSA) is 125 Å². The maximum Gasteiger partial charge on any atom is 0.341 e. The zero-order valence-electron chi connectivity index (χ0n) is 16.2. The second-order valence-electron chi connectivity index (χ2n) is 7.51. The van der Waals surface area contributed by atoms with E-state index >= 15 is 0 Å². The molecule has 10 heteroatoms. The van der Waals surface area contributed by atoms with Crippen LogP contribution in [0.3, 0.4) is 0 Å². The Kier molecular flexibility index (Phi) is 4.55. The van der Waals surface area contributed by atoms with Crippen LogP contribution in [0.5, 0.6) is 0 Å². The largest absolute Gasteiger partial charge is 0.477 e. The zero-order valence-corrected chi connectivity index (χ0v) is 16.2. The molecule has 3 N–H and O–H groups in total. The highest BCUT2D eigenvalue weighted by molar-refractivity contribution is 5.91. The fourth-order valence-corrected chi connectivity index (χ4v) is 3.69. The maximum atomic E-state index is 12.6. The first-order valence-corrected chi connectivity index (χ1v) is 9.94. The Morgan fingerprint density at radius 1 is 1.17 bits per heavy atom. The summed E-state index contributed by atoms with van der Waals surface area (Å²) < 4.78 is 1.48. The van der Waals surface area contributed by atoms with Crippen LogP contribution in [0, 0.1) is 0 Å². The molecule has 4 heterocycles. The van der Waals surface area contributed by atoms with Crippen molar-refractivity contribution in [2.75, 3.05) is 36.4 Å². The SMILES string of the molecule is O=C(O)c1cc2cnc(Nc3ccc(N4CCNCC4)cn3)nc2n(C2CC2)c1=O. The highest BCUT2D eigenvalue weighted by Gasteiger charge is 2.29. The number of hydrogen-bond donors (Lipinski definition) is 3. The Morgan fingerprint density at radius 2 is 1.97 bits per heavy atom. The van der Waals surface area contributed by atoms with Crippen molar-refractivity contribution in [3.63, 3.8) is 0 Å². The predicted octanol–water partition coefficient (Wildman–Crippen LogP) is 1.37. The summed E-state index contributed by atoms with van der Waals surface area (Å²) in [6.45, 7) is 3.80. The maximum absolute atomic E-state index is 12.6. The molecule has 1 saturated heterocycles. The van der Waals surface area contributed by atoms with Gasteiger partial charge in [0.2, 0.25) is 5.95 Å². The summed E-state index contributed by atoms with van der Waals surface area (Å²) in [7, 11) is 0. The number of aromatic carboxylic acids is 1. The monoisotopic (exact) mass is 407 g/mol. The average molecular weight is 407 g/mol. The van der Waals surface area contributed by atoms with Crippen molar-refractivity contribution in [2.45, 2.75) is 18.9 Å². The van der Waals surface area contributed by atoms with Gasteiger partial charge in [-0.2, -0.15) is 4.98 Å². The molecule has 0 atom stereocenters. The standard InChI is InChI=1S/C20H21N7O3/c28-18-15(19(29)30)9-12-10-23-20(25-17(12)27(18)13-1-2-13)24-16-4-3-14(11-22-16)26-7-5-21-6-8-26/h3-4,9-11,13,21H,1-2,5-8H2,(H,29,30)(H,22,23,24,25). The van der Waals surface area contributed by atoms with Gasteiger partial charge in [-0.15, -0.1) is 0 Å². The predicted molar refractivity (Wildman–Crippen MR) is 112 cm³/mol. The molecule has 30 heavy (non-hydrogen) atoms. The van der Waals surface area contributed by atoms with E-state index in [2.05, 4.69) is 30.5 Å². The molecule has 10 nitrogen and oxygen atoms in total. The van der Waals surface area contributed by atoms with Crippen LogP contribution in [0.25, 0.3) is 11.0 Å². The van der Waals surface area contributed by atoms with Gasteiger partial charge in [0.25, 0.3) is 5.56 Å². The number of carboxylic acid groups (broad SMARTS) is 1. The van der Waals surface area contributed by atoms with Crippen LogP contribution in [0.1, 0.15) is 29.2 Å². The van der Waals surface area contributed by atoms with Crippen molar-refractivity contribution in [1.29, 1.82) is 0 Å². The number of aromatic nitrogens is 4. The highest BCUT2D eigenvalue weighted by atomic mass is 16.4. The van der Waals surface area contributed by atoms with Gasteiger partial charge in [-0.05, 0) is 31.0 Å². The number of nitrogens with zero attached hydrogens (tertiary/aromatic N) is 5. The number of rotatable bonds is 5. The second kappa shape index (κ2) is 7.38. The van der Waals surface area contributed by atoms with E-state index in [1.54, 1.807) is 0 Å². The van der Waals surface area contributed by atoms with Gasteiger partial charge in [0.05, 0.1) is 11.9 Å². The minimum atomic E-state index is -1.24. The van der Waals surface area contributed by atoms with E-state index < -0.39 is 11.5 Å². The molecule has 1 saturated carbocycles. The highest BCUT2D eigenvalue weighted by Crippen LogP contribution is 2.35. The van der Waals surface area contributed by atoms with Crippen LogP contribution < -0.4 is 21.1 Å². The summed E-state index contributed by atoms with van der Waals surface area (Å²) >= 11 is 0. The number of fused-ring (bicyclic) bond motifs is 1. The van der Waals surface area contributed by atoms with Crippen molar-refractivity contribution in [3.8, 4) is 0 Å². The average Bonchev–Trinajstić information content (AvgIpc) is 3.59. The van der Waals surface area contributed by atoms with Gasteiger partial charge in [-0.25, -0.2) is 14.8 Å². The lowest BCUT2D eigenvalue weighted by atomic mass is 10.2. The molecule has 0 amide bonds. The van der Waals surface area contributed by atoms with Crippen molar-refractivity contribution in [1.82, 2.24) is 24.8 Å². The molecule has 0 aromatic carbocycles. The Hall–Kier alpha value is -3.53. The van der Waals surface area contributed by atoms with E-state index in [9.17, 15) is 14.7 Å². The third-order valence-corrected chi connectivity index (χ3v) is 5.39. The Morgan fingerprint density at radius 3 is 2.63 bits per heavy atom. The van der Waals surface area contributed by atoms with Crippen molar-refractivity contribution in [2.24, 2.45) is 0 Å². The van der Waals surface area contributed by atoms with Gasteiger partial charge in [0, 0.05) is 43.8 Å². The third-order valence-electron chi connectivity index (χ3n) is 5.39. The number of nitrogens with one attached hydrogen (secondary N) is 2. The van der Waals surface area contributed by atoms with Crippen LogP contribution in [0.2, 0.25) is 0 Å². The summed E-state index contributed by atoms with van der Waals surface area (Å²) in [4.78, 5) is 39.6. The lowest BCUT2D eigenvalue weighted by Crippen LogP contribution is -2.43. The lowest BCUT2D eigenvalue weighted by molar-refractivity contribution is 0.0694. The molecule has 3 aromatic rings. The molecule has 0 radical (unpaired) electrons. The van der Waals surface area contributed by atoms with Gasteiger partial charge in [-0.3, -0.25) is 9.36 Å². The van der Waals surface area contributed by atoms with Gasteiger partial charge in [-0.1, -0.05) is 0 Å². The first-order valence-electron chi connectivity index (χ1n) is 9.94. The molecule has 3 aromatic heterocycles. The number of anilines is 3. The summed E-state index contributed by atoms with van der Waals surface area (Å²) in [5.74, 6) is -0.343. The first kappa shape index (κ1) is 18.5. The Labute approximate surface area is 171 Å². The fraction of sp³-hybridized carbons (Fsp3) is 0.350. The number of pyridine rings is 2. The molecule has 0 unspecified atom stereocenters. The van der Waals surface area contributed by atoms with E-state index in [1.807, 2.05) is 18.3 Å². The van der Waals surface area contributed by atoms with Crippen LogP contribution in [-0.2, 0) is 0 Å². The minimum Gasteiger partial charge on any atom is -0.477 e. The van der Waals surface area contributed by atoms with Crippen LogP contribution in [0.4, 0.5) is 17.5 Å². The lowest BCUT2D eigenvalue weighted by Gasteiger charge is -2.29. The normalized spacial score (nSPS) is 16.6. The molecule has 1 aliphatic carbocycles. The Balaban J connectivity index is 1.45. The molecule has 154 valence electrons. The summed E-state index contributed by atoms with van der Waals surface area (Å²) in [5, 5.41) is 16.3. The number of piperazine rings is 1. The van der Waals surface area contributed by atoms with Crippen molar-refractivity contribution >= 4 is 34.5 Å². The summed E-state index contributed by atoms with van der Waals surface area (Å²) in [6.07, 6.45) is 5.01. The van der Waals surface area contributed by atoms with Gasteiger partial charge in [0.1, 0.15) is 17.0 Å². The van der Waals surface area contributed by atoms with E-state index in [1.165, 1.54) is 16.8 Å². The van der Waals surface area contributed by atoms with Crippen LogP contribution >= 0.6 is 0 Å². The van der Waals surface area contributed by atoms with E-state index in [-0.39, 0.29) is 11.6 Å². The molecular weight excluding hydrogens is 386 g/mol. The molecule has 0 bridgehead atoms. The second-order valence-corrected chi connectivity index (χ2v) is 7.51. The van der Waals surface area contributed by atoms with Gasteiger partial charge in [0.15, 0.2) is 0 Å². The number of carboxylic acids is 1. The zero-order chi connectivity index (χ0) is 20.7. The van der Waals surface area contributed by atoms with Crippen molar-refractivity contribution < 1.29 is 9.90 Å². The molecular formula is C20H21N7O3. The minimum absolute atomic E-state index is 0.0153. The van der Waals surface area contributed by atoms with Crippen LogP contribution in [0.15, 0.2) is 35.4 Å². The van der Waals surface area contributed by atoms with E-state index in [0.29, 0.717) is 22.8 Å². The molecule has 2 fully saturated rings. The van der Waals surface area contributed by atoms with E-state index in [4.69, 9.17) is 0 Å². The van der Waals surface area contributed by atoms with E-state index in [0.717, 1.165) is 44.7 Å². The fourth-order valence-electron chi connectivity index (χ4n) is 3.69. The molecule has 0 spiro atoms. The van der Waals surface area contributed by atoms with Crippen molar-refractivity contribution in [3.05, 3.63) is 46.5 Å². The molecule has 1 aliphatic heterocycles. The number of hydrogen-bond acceptors (Lipinski definition) is 8. The molecule has 5 rings (SSSR count). The van der Waals surface area contributed by atoms with Gasteiger partial charge >= 0.3 is 5.97 Å². The quantitative estimate of drug-likeness (QED) is 0.575.